The third-order valence-electron chi connectivity index (χ3n) is 5.13. The molecule has 1 aromatic heterocycles. The maximum atomic E-state index is 12.7. The highest BCUT2D eigenvalue weighted by atomic mass is 16.1. The number of aryl methyl sites for hydroxylation is 1. The Kier molecular flexibility index (Phi) is 5.00. The van der Waals surface area contributed by atoms with Crippen LogP contribution in [0, 0.1) is 19.8 Å². The number of nitrogens with zero attached hydrogens (tertiary/aromatic N) is 2. The molecular weight excluding hydrogens is 300 g/mol. The molecule has 0 saturated heterocycles. The maximum Gasteiger partial charge on any atom is 0.254 e. The number of hydrogen-bond donors (Lipinski definition) is 2. The fraction of sp³-hybridized carbons (Fsp3) is 0.474. The summed E-state index contributed by atoms with van der Waals surface area (Å²) in [6.45, 7) is 4.62. The first-order chi connectivity index (χ1) is 11.6. The van der Waals surface area contributed by atoms with E-state index in [4.69, 9.17) is 5.73 Å². The van der Waals surface area contributed by atoms with Crippen LogP contribution in [0.1, 0.15) is 47.3 Å². The van der Waals surface area contributed by atoms with Crippen molar-refractivity contribution in [1.29, 1.82) is 0 Å². The molecule has 1 aliphatic rings. The number of carbonyl (C=O) groups excluding carboxylic acids is 1. The lowest BCUT2D eigenvalue weighted by atomic mass is 9.84. The third-order valence-corrected chi connectivity index (χ3v) is 5.13. The molecule has 1 fully saturated rings. The van der Waals surface area contributed by atoms with E-state index in [1.165, 1.54) is 6.42 Å². The van der Waals surface area contributed by atoms with Crippen LogP contribution in [0.25, 0.3) is 5.69 Å². The topological polar surface area (TPSA) is 72.9 Å². The van der Waals surface area contributed by atoms with Crippen molar-refractivity contribution in [3.63, 3.8) is 0 Å². The Labute approximate surface area is 143 Å². The molecule has 0 bridgehead atoms. The molecule has 3 rings (SSSR count). The zero-order valence-corrected chi connectivity index (χ0v) is 14.5. The van der Waals surface area contributed by atoms with Crippen LogP contribution in [-0.2, 0) is 0 Å². The van der Waals surface area contributed by atoms with E-state index in [0.29, 0.717) is 18.0 Å². The lowest BCUT2D eigenvalue weighted by Crippen LogP contribution is -2.44. The van der Waals surface area contributed by atoms with Crippen LogP contribution in [0.4, 0.5) is 0 Å². The molecule has 5 nitrogen and oxygen atoms in total. The predicted molar refractivity (Wildman–Crippen MR) is 95.3 cm³/mol. The highest BCUT2D eigenvalue weighted by Crippen LogP contribution is 2.24. The van der Waals surface area contributed by atoms with E-state index in [1.807, 2.05) is 42.8 Å². The third kappa shape index (κ3) is 3.22. The quantitative estimate of drug-likeness (QED) is 0.907. The lowest BCUT2D eigenvalue weighted by Gasteiger charge is -2.31. The highest BCUT2D eigenvalue weighted by molar-refractivity contribution is 5.95. The SMILES string of the molecule is Cc1ccccc1-n1ncc(C(=O)NC2CCCCC2CN)c1C. The molecule has 1 amide bonds. The van der Waals surface area contributed by atoms with Gasteiger partial charge in [0.25, 0.3) is 5.91 Å². The second kappa shape index (κ2) is 7.18. The average Bonchev–Trinajstić information content (AvgIpc) is 2.97. The number of amides is 1. The van der Waals surface area contributed by atoms with Crippen LogP contribution in [0.5, 0.6) is 0 Å². The molecule has 1 heterocycles. The van der Waals surface area contributed by atoms with E-state index in [1.54, 1.807) is 6.20 Å². The molecule has 1 saturated carbocycles. The van der Waals surface area contributed by atoms with Gasteiger partial charge in [-0.05, 0) is 50.8 Å². The molecule has 2 unspecified atom stereocenters. The summed E-state index contributed by atoms with van der Waals surface area (Å²) in [7, 11) is 0. The van der Waals surface area contributed by atoms with Gasteiger partial charge in [-0.2, -0.15) is 5.10 Å². The Bertz CT molecular complexity index is 722. The molecule has 5 heteroatoms. The van der Waals surface area contributed by atoms with Crippen molar-refractivity contribution in [2.75, 3.05) is 6.54 Å². The van der Waals surface area contributed by atoms with E-state index in [9.17, 15) is 4.79 Å². The minimum atomic E-state index is -0.0438. The maximum absolute atomic E-state index is 12.7. The van der Waals surface area contributed by atoms with E-state index in [-0.39, 0.29) is 11.9 Å². The minimum Gasteiger partial charge on any atom is -0.349 e. The first-order valence-corrected chi connectivity index (χ1v) is 8.73. The lowest BCUT2D eigenvalue weighted by molar-refractivity contribution is 0.0907. The van der Waals surface area contributed by atoms with Gasteiger partial charge in [0.1, 0.15) is 0 Å². The smallest absolute Gasteiger partial charge is 0.254 e. The first kappa shape index (κ1) is 16.7. The number of nitrogens with two attached hydrogens (primary N) is 1. The molecule has 128 valence electrons. The fourth-order valence-electron chi connectivity index (χ4n) is 3.60. The van der Waals surface area contributed by atoms with Crippen LogP contribution in [0.3, 0.4) is 0 Å². The number of nitrogens with one attached hydrogen (secondary N) is 1. The Morgan fingerprint density at radius 2 is 2.04 bits per heavy atom. The molecule has 0 spiro atoms. The molecule has 0 aliphatic heterocycles. The molecule has 1 aliphatic carbocycles. The largest absolute Gasteiger partial charge is 0.349 e. The Balaban J connectivity index is 1.80. The molecular formula is C19H26N4O. The Morgan fingerprint density at radius 3 is 2.79 bits per heavy atom. The summed E-state index contributed by atoms with van der Waals surface area (Å²) in [5, 5.41) is 7.62. The van der Waals surface area contributed by atoms with Crippen molar-refractivity contribution in [3.8, 4) is 5.69 Å². The Hall–Kier alpha value is -2.14. The van der Waals surface area contributed by atoms with E-state index < -0.39 is 0 Å². The van der Waals surface area contributed by atoms with E-state index >= 15 is 0 Å². The monoisotopic (exact) mass is 326 g/mol. The van der Waals surface area contributed by atoms with Crippen LogP contribution in [0.2, 0.25) is 0 Å². The van der Waals surface area contributed by atoms with Crippen LogP contribution >= 0.6 is 0 Å². The molecule has 0 radical (unpaired) electrons. The molecule has 2 atom stereocenters. The zero-order valence-electron chi connectivity index (χ0n) is 14.5. The summed E-state index contributed by atoms with van der Waals surface area (Å²) in [6, 6.07) is 8.22. The van der Waals surface area contributed by atoms with Gasteiger partial charge in [0.05, 0.1) is 23.1 Å². The van der Waals surface area contributed by atoms with Gasteiger partial charge < -0.3 is 11.1 Å². The zero-order chi connectivity index (χ0) is 17.1. The summed E-state index contributed by atoms with van der Waals surface area (Å²) in [4.78, 5) is 12.7. The normalized spacial score (nSPS) is 20.8. The van der Waals surface area contributed by atoms with E-state index in [0.717, 1.165) is 36.2 Å². The van der Waals surface area contributed by atoms with Crippen molar-refractivity contribution >= 4 is 5.91 Å². The molecule has 24 heavy (non-hydrogen) atoms. The summed E-state index contributed by atoms with van der Waals surface area (Å²) >= 11 is 0. The molecule has 2 aromatic rings. The highest BCUT2D eigenvalue weighted by Gasteiger charge is 2.27. The van der Waals surface area contributed by atoms with Crippen LogP contribution in [0.15, 0.2) is 30.5 Å². The second-order valence-electron chi connectivity index (χ2n) is 6.70. The van der Waals surface area contributed by atoms with Gasteiger partial charge in [-0.3, -0.25) is 4.79 Å². The van der Waals surface area contributed by atoms with Crippen molar-refractivity contribution < 1.29 is 4.79 Å². The summed E-state index contributed by atoms with van der Waals surface area (Å²) in [6.07, 6.45) is 6.14. The van der Waals surface area contributed by atoms with Gasteiger partial charge in [-0.1, -0.05) is 31.0 Å². The standard InChI is InChI=1S/C19H26N4O/c1-13-7-3-6-10-18(13)23-14(2)16(12-21-23)19(24)22-17-9-5-4-8-15(17)11-20/h3,6-7,10,12,15,17H,4-5,8-9,11,20H2,1-2H3,(H,22,24). The number of benzene rings is 1. The number of aromatic nitrogens is 2. The first-order valence-electron chi connectivity index (χ1n) is 8.73. The van der Waals surface area contributed by atoms with Crippen molar-refractivity contribution in [3.05, 3.63) is 47.3 Å². The van der Waals surface area contributed by atoms with Crippen LogP contribution in [-0.4, -0.2) is 28.3 Å². The van der Waals surface area contributed by atoms with Gasteiger partial charge in [-0.15, -0.1) is 0 Å². The number of hydrogen-bond acceptors (Lipinski definition) is 3. The summed E-state index contributed by atoms with van der Waals surface area (Å²) in [5.74, 6) is 0.340. The fourth-order valence-corrected chi connectivity index (χ4v) is 3.60. The summed E-state index contributed by atoms with van der Waals surface area (Å²) in [5.41, 5.74) is 9.51. The van der Waals surface area contributed by atoms with Gasteiger partial charge in [-0.25, -0.2) is 4.68 Å². The van der Waals surface area contributed by atoms with Crippen molar-refractivity contribution in [1.82, 2.24) is 15.1 Å². The number of carbonyl (C=O) groups is 1. The van der Waals surface area contributed by atoms with Gasteiger partial charge >= 0.3 is 0 Å². The average molecular weight is 326 g/mol. The minimum absolute atomic E-state index is 0.0438. The van der Waals surface area contributed by atoms with Crippen LogP contribution < -0.4 is 11.1 Å². The van der Waals surface area contributed by atoms with Gasteiger partial charge in [0.15, 0.2) is 0 Å². The van der Waals surface area contributed by atoms with Crippen molar-refractivity contribution in [2.45, 2.75) is 45.6 Å². The number of para-hydroxylation sites is 1. The summed E-state index contributed by atoms with van der Waals surface area (Å²) < 4.78 is 1.84. The molecule has 3 N–H and O–H groups in total. The van der Waals surface area contributed by atoms with Gasteiger partial charge in [0.2, 0.25) is 0 Å². The van der Waals surface area contributed by atoms with E-state index in [2.05, 4.69) is 10.4 Å². The number of rotatable bonds is 4. The van der Waals surface area contributed by atoms with Crippen molar-refractivity contribution in [2.24, 2.45) is 11.7 Å². The Morgan fingerprint density at radius 1 is 1.29 bits per heavy atom. The van der Waals surface area contributed by atoms with Gasteiger partial charge in [0, 0.05) is 6.04 Å². The predicted octanol–water partition coefficient (Wildman–Crippen LogP) is 2.74. The molecule has 1 aromatic carbocycles. The second-order valence-corrected chi connectivity index (χ2v) is 6.70.